The second kappa shape index (κ2) is 6.91. The summed E-state index contributed by atoms with van der Waals surface area (Å²) in [4.78, 5) is 0. The van der Waals surface area contributed by atoms with E-state index < -0.39 is 11.9 Å². The molecular weight excluding hydrogens is 259 g/mol. The van der Waals surface area contributed by atoms with Gasteiger partial charge in [-0.25, -0.2) is 4.39 Å². The van der Waals surface area contributed by atoms with Crippen LogP contribution in [-0.2, 0) is 0 Å². The van der Waals surface area contributed by atoms with E-state index >= 15 is 0 Å². The summed E-state index contributed by atoms with van der Waals surface area (Å²) in [5.41, 5.74) is 0.223. The Labute approximate surface area is 117 Å². The van der Waals surface area contributed by atoms with Crippen molar-refractivity contribution in [1.29, 1.82) is 0 Å². The lowest BCUT2D eigenvalue weighted by molar-refractivity contribution is 0.136. The van der Waals surface area contributed by atoms with Gasteiger partial charge in [-0.1, -0.05) is 30.3 Å². The van der Waals surface area contributed by atoms with Crippen molar-refractivity contribution in [3.05, 3.63) is 59.9 Å². The normalized spacial score (nSPS) is 11.9. The monoisotopic (exact) mass is 276 g/mol. The topological polar surface area (TPSA) is 38.7 Å². The van der Waals surface area contributed by atoms with Crippen LogP contribution in [0, 0.1) is 5.82 Å². The minimum Gasteiger partial charge on any atom is -0.494 e. The van der Waals surface area contributed by atoms with E-state index in [0.717, 1.165) is 5.75 Å². The number of para-hydroxylation sites is 1. The van der Waals surface area contributed by atoms with Gasteiger partial charge >= 0.3 is 0 Å². The zero-order valence-electron chi connectivity index (χ0n) is 11.3. The van der Waals surface area contributed by atoms with Crippen molar-refractivity contribution < 1.29 is 19.0 Å². The highest BCUT2D eigenvalue weighted by Crippen LogP contribution is 2.26. The third kappa shape index (κ3) is 3.48. The van der Waals surface area contributed by atoms with Gasteiger partial charge in [0.05, 0.1) is 19.8 Å². The fourth-order valence-corrected chi connectivity index (χ4v) is 1.90. The van der Waals surface area contributed by atoms with Crippen LogP contribution in [-0.4, -0.2) is 18.8 Å². The smallest absolute Gasteiger partial charge is 0.170 e. The zero-order chi connectivity index (χ0) is 14.4. The van der Waals surface area contributed by atoms with Crippen molar-refractivity contribution in [1.82, 2.24) is 0 Å². The Bertz CT molecular complexity index is 543. The number of benzene rings is 2. The maximum atomic E-state index is 13.9. The molecule has 2 rings (SSSR count). The summed E-state index contributed by atoms with van der Waals surface area (Å²) in [6, 6.07) is 14.0. The number of hydrogen-bond acceptors (Lipinski definition) is 3. The highest BCUT2D eigenvalue weighted by Gasteiger charge is 2.16. The predicted octanol–water partition coefficient (Wildman–Crippen LogP) is 3.34. The molecule has 0 heterocycles. The van der Waals surface area contributed by atoms with Crippen molar-refractivity contribution in [2.75, 3.05) is 13.7 Å². The van der Waals surface area contributed by atoms with Gasteiger partial charge in [-0.2, -0.15) is 0 Å². The minimum atomic E-state index is -0.922. The first kappa shape index (κ1) is 14.3. The Hall–Kier alpha value is -2.07. The van der Waals surface area contributed by atoms with Crippen molar-refractivity contribution in [2.24, 2.45) is 0 Å². The Morgan fingerprint density at radius 3 is 2.55 bits per heavy atom. The molecule has 2 aromatic carbocycles. The Balaban J connectivity index is 1.93. The molecule has 3 nitrogen and oxygen atoms in total. The number of aliphatic hydroxyl groups is 1. The lowest BCUT2D eigenvalue weighted by Gasteiger charge is -2.14. The summed E-state index contributed by atoms with van der Waals surface area (Å²) in [5, 5.41) is 10.0. The molecule has 106 valence electrons. The van der Waals surface area contributed by atoms with Crippen molar-refractivity contribution in [3.8, 4) is 11.5 Å². The van der Waals surface area contributed by atoms with Gasteiger partial charge in [0.25, 0.3) is 0 Å². The molecule has 0 saturated carbocycles. The average Bonchev–Trinajstić information content (AvgIpc) is 2.48. The van der Waals surface area contributed by atoms with E-state index in [2.05, 4.69) is 0 Å². The van der Waals surface area contributed by atoms with Crippen LogP contribution in [0.15, 0.2) is 48.5 Å². The summed E-state index contributed by atoms with van der Waals surface area (Å²) >= 11 is 0. The molecule has 4 heteroatoms. The second-order valence-corrected chi connectivity index (χ2v) is 4.33. The molecule has 0 aliphatic rings. The van der Waals surface area contributed by atoms with Gasteiger partial charge in [-0.15, -0.1) is 0 Å². The van der Waals surface area contributed by atoms with Gasteiger partial charge < -0.3 is 14.6 Å². The minimum absolute atomic E-state index is 0.130. The Kier molecular flexibility index (Phi) is 4.96. The van der Waals surface area contributed by atoms with Crippen molar-refractivity contribution >= 4 is 0 Å². The molecular formula is C16H17FO3. The molecule has 2 aromatic rings. The molecule has 1 atom stereocenters. The van der Waals surface area contributed by atoms with Crippen LogP contribution in [0.25, 0.3) is 0 Å². The van der Waals surface area contributed by atoms with E-state index in [9.17, 15) is 9.50 Å². The predicted molar refractivity (Wildman–Crippen MR) is 74.5 cm³/mol. The average molecular weight is 276 g/mol. The quantitative estimate of drug-likeness (QED) is 0.879. The zero-order valence-corrected chi connectivity index (χ0v) is 11.3. The van der Waals surface area contributed by atoms with E-state index in [1.54, 1.807) is 12.1 Å². The van der Waals surface area contributed by atoms with Crippen molar-refractivity contribution in [2.45, 2.75) is 12.5 Å². The summed E-state index contributed by atoms with van der Waals surface area (Å²) in [7, 11) is 1.40. The molecule has 0 saturated heterocycles. The lowest BCUT2D eigenvalue weighted by atomic mass is 10.1. The summed E-state index contributed by atoms with van der Waals surface area (Å²) < 4.78 is 24.3. The molecule has 1 N–H and O–H groups in total. The first-order valence-corrected chi connectivity index (χ1v) is 6.40. The maximum Gasteiger partial charge on any atom is 0.170 e. The molecule has 20 heavy (non-hydrogen) atoms. The van der Waals surface area contributed by atoms with E-state index in [4.69, 9.17) is 9.47 Å². The van der Waals surface area contributed by atoms with Crippen molar-refractivity contribution in [3.63, 3.8) is 0 Å². The van der Waals surface area contributed by atoms with Gasteiger partial charge in [-0.3, -0.25) is 0 Å². The van der Waals surface area contributed by atoms with Crippen LogP contribution in [0.4, 0.5) is 4.39 Å². The van der Waals surface area contributed by atoms with Crippen LogP contribution in [0.1, 0.15) is 18.1 Å². The Morgan fingerprint density at radius 2 is 1.85 bits per heavy atom. The fourth-order valence-electron chi connectivity index (χ4n) is 1.90. The number of ether oxygens (including phenoxy) is 2. The fraction of sp³-hybridized carbons (Fsp3) is 0.250. The lowest BCUT2D eigenvalue weighted by Crippen LogP contribution is -2.07. The summed E-state index contributed by atoms with van der Waals surface area (Å²) in [6.07, 6.45) is -0.618. The number of halogens is 1. The van der Waals surface area contributed by atoms with Gasteiger partial charge in [0.2, 0.25) is 0 Å². The highest BCUT2D eigenvalue weighted by molar-refractivity contribution is 5.32. The van der Waals surface area contributed by atoms with Gasteiger partial charge in [-0.05, 0) is 18.2 Å². The van der Waals surface area contributed by atoms with E-state index in [-0.39, 0.29) is 11.3 Å². The standard InChI is InChI=1S/C16H17FO3/c1-19-15-9-5-8-13(16(15)17)14(18)10-11-20-12-6-3-2-4-7-12/h2-9,14,18H,10-11H2,1H3. The number of hydrogen-bond donors (Lipinski definition) is 1. The first-order chi connectivity index (χ1) is 9.72. The molecule has 1 unspecified atom stereocenters. The second-order valence-electron chi connectivity index (χ2n) is 4.33. The summed E-state index contributed by atoms with van der Waals surface area (Å²) in [5.74, 6) is 0.332. The SMILES string of the molecule is COc1cccc(C(O)CCOc2ccccc2)c1F. The van der Waals surface area contributed by atoms with Gasteiger partial charge in [0, 0.05) is 12.0 Å². The summed E-state index contributed by atoms with van der Waals surface area (Å²) in [6.45, 7) is 0.307. The van der Waals surface area contributed by atoms with Crippen LogP contribution in [0.2, 0.25) is 0 Å². The molecule has 0 radical (unpaired) electrons. The third-order valence-electron chi connectivity index (χ3n) is 2.98. The van der Waals surface area contributed by atoms with Crippen LogP contribution >= 0.6 is 0 Å². The highest BCUT2D eigenvalue weighted by atomic mass is 19.1. The molecule has 0 spiro atoms. The number of methoxy groups -OCH3 is 1. The molecule has 0 aromatic heterocycles. The number of aliphatic hydroxyl groups excluding tert-OH is 1. The number of rotatable bonds is 6. The molecule has 0 fully saturated rings. The van der Waals surface area contributed by atoms with Gasteiger partial charge in [0.15, 0.2) is 11.6 Å². The Morgan fingerprint density at radius 1 is 1.10 bits per heavy atom. The maximum absolute atomic E-state index is 13.9. The molecule has 0 amide bonds. The third-order valence-corrected chi connectivity index (χ3v) is 2.98. The van der Waals surface area contributed by atoms with E-state index in [1.807, 2.05) is 30.3 Å². The van der Waals surface area contributed by atoms with Crippen LogP contribution in [0.3, 0.4) is 0 Å². The van der Waals surface area contributed by atoms with Crippen LogP contribution < -0.4 is 9.47 Å². The molecule has 0 aliphatic carbocycles. The van der Waals surface area contributed by atoms with Crippen LogP contribution in [0.5, 0.6) is 11.5 Å². The van der Waals surface area contributed by atoms with E-state index in [0.29, 0.717) is 13.0 Å². The molecule has 0 aliphatic heterocycles. The van der Waals surface area contributed by atoms with E-state index in [1.165, 1.54) is 13.2 Å². The largest absolute Gasteiger partial charge is 0.494 e. The first-order valence-electron chi connectivity index (χ1n) is 6.40. The molecule has 0 bridgehead atoms. The van der Waals surface area contributed by atoms with Gasteiger partial charge in [0.1, 0.15) is 5.75 Å².